The molecule has 0 amide bonds. The van der Waals surface area contributed by atoms with Crippen LogP contribution in [0.3, 0.4) is 0 Å². The van der Waals surface area contributed by atoms with E-state index in [1.165, 1.54) is 0 Å². The minimum atomic E-state index is 0.104. The molecule has 1 rings (SSSR count). The van der Waals surface area contributed by atoms with E-state index < -0.39 is 0 Å². The monoisotopic (exact) mass is 260 g/mol. The van der Waals surface area contributed by atoms with Gasteiger partial charge in [-0.15, -0.1) is 0 Å². The lowest BCUT2D eigenvalue weighted by atomic mass is 10.2. The van der Waals surface area contributed by atoms with E-state index in [1.54, 1.807) is 6.08 Å². The maximum absolute atomic E-state index is 8.62. The lowest BCUT2D eigenvalue weighted by Gasteiger charge is -1.96. The molecule has 0 aromatic heterocycles. The summed E-state index contributed by atoms with van der Waals surface area (Å²) in [6.45, 7) is 0.104. The lowest BCUT2D eigenvalue weighted by molar-refractivity contribution is 0.343. The Kier molecular flexibility index (Phi) is 3.59. The normalized spacial score (nSPS) is 11.6. The van der Waals surface area contributed by atoms with Gasteiger partial charge in [-0.25, -0.2) is 0 Å². The number of aliphatic hydroxyl groups excluding tert-OH is 1. The summed E-state index contributed by atoms with van der Waals surface area (Å²) in [7, 11) is 0. The van der Waals surface area contributed by atoms with Crippen LogP contribution in [0, 0.1) is 0 Å². The molecule has 58 valence electrons. The van der Waals surface area contributed by atoms with Crippen molar-refractivity contribution >= 4 is 26.2 Å². The van der Waals surface area contributed by atoms with Crippen LogP contribution in [0.4, 0.5) is 0 Å². The standard InChI is InChI=1S/C9H9IO/c10-9(6-7-11)8-4-2-1-3-5-8/h1-6,11H,7H2/b9-6-. The molecule has 0 atom stereocenters. The van der Waals surface area contributed by atoms with E-state index in [1.807, 2.05) is 30.3 Å². The Morgan fingerprint density at radius 2 is 2.00 bits per heavy atom. The average Bonchev–Trinajstić information content (AvgIpc) is 2.07. The lowest BCUT2D eigenvalue weighted by Crippen LogP contribution is -1.77. The van der Waals surface area contributed by atoms with E-state index in [2.05, 4.69) is 22.6 Å². The quantitative estimate of drug-likeness (QED) is 0.810. The van der Waals surface area contributed by atoms with Gasteiger partial charge in [0.15, 0.2) is 0 Å². The Morgan fingerprint density at radius 1 is 1.36 bits per heavy atom. The van der Waals surface area contributed by atoms with Crippen LogP contribution in [0.5, 0.6) is 0 Å². The molecule has 0 aliphatic rings. The fraction of sp³-hybridized carbons (Fsp3) is 0.111. The molecule has 0 aliphatic carbocycles. The van der Waals surface area contributed by atoms with Gasteiger partial charge in [0.1, 0.15) is 0 Å². The van der Waals surface area contributed by atoms with Crippen molar-refractivity contribution in [1.29, 1.82) is 0 Å². The summed E-state index contributed by atoms with van der Waals surface area (Å²) >= 11 is 2.21. The molecule has 0 aliphatic heterocycles. The van der Waals surface area contributed by atoms with Crippen LogP contribution < -0.4 is 0 Å². The SMILES string of the molecule is OC/C=C(\I)c1ccccc1. The summed E-state index contributed by atoms with van der Waals surface area (Å²) in [4.78, 5) is 0. The largest absolute Gasteiger partial charge is 0.392 e. The van der Waals surface area contributed by atoms with Crippen LogP contribution in [0.2, 0.25) is 0 Å². The third-order valence-corrected chi connectivity index (χ3v) is 2.38. The number of hydrogen-bond donors (Lipinski definition) is 1. The molecule has 0 radical (unpaired) electrons. The molecule has 0 spiro atoms. The van der Waals surface area contributed by atoms with E-state index in [9.17, 15) is 0 Å². The summed E-state index contributed by atoms with van der Waals surface area (Å²) in [5.41, 5.74) is 1.15. The van der Waals surface area contributed by atoms with Crippen LogP contribution in [0.1, 0.15) is 5.56 Å². The minimum Gasteiger partial charge on any atom is -0.392 e. The zero-order chi connectivity index (χ0) is 8.10. The fourth-order valence-electron chi connectivity index (χ4n) is 0.795. The first-order valence-electron chi connectivity index (χ1n) is 3.36. The molecular weight excluding hydrogens is 251 g/mol. The predicted octanol–water partition coefficient (Wildman–Crippen LogP) is 2.45. The zero-order valence-electron chi connectivity index (χ0n) is 6.00. The number of rotatable bonds is 2. The third-order valence-electron chi connectivity index (χ3n) is 1.32. The van der Waals surface area contributed by atoms with Gasteiger partial charge in [-0.3, -0.25) is 0 Å². The van der Waals surface area contributed by atoms with E-state index in [-0.39, 0.29) is 6.61 Å². The van der Waals surface area contributed by atoms with E-state index in [0.29, 0.717) is 0 Å². The number of benzene rings is 1. The van der Waals surface area contributed by atoms with E-state index in [0.717, 1.165) is 9.14 Å². The molecule has 0 saturated heterocycles. The van der Waals surface area contributed by atoms with Gasteiger partial charge in [0.05, 0.1) is 6.61 Å². The highest BCUT2D eigenvalue weighted by atomic mass is 127. The van der Waals surface area contributed by atoms with Crippen LogP contribution in [-0.4, -0.2) is 11.7 Å². The van der Waals surface area contributed by atoms with E-state index >= 15 is 0 Å². The molecule has 0 unspecified atom stereocenters. The maximum Gasteiger partial charge on any atom is 0.0625 e. The second kappa shape index (κ2) is 4.51. The second-order valence-electron chi connectivity index (χ2n) is 2.10. The van der Waals surface area contributed by atoms with Crippen molar-refractivity contribution < 1.29 is 5.11 Å². The number of halogens is 1. The van der Waals surface area contributed by atoms with Crippen molar-refractivity contribution in [2.75, 3.05) is 6.61 Å². The first kappa shape index (κ1) is 8.74. The van der Waals surface area contributed by atoms with Crippen molar-refractivity contribution in [3.63, 3.8) is 0 Å². The van der Waals surface area contributed by atoms with Crippen molar-refractivity contribution in [3.8, 4) is 0 Å². The minimum absolute atomic E-state index is 0.104. The topological polar surface area (TPSA) is 20.2 Å². The van der Waals surface area contributed by atoms with Gasteiger partial charge < -0.3 is 5.11 Å². The first-order chi connectivity index (χ1) is 5.34. The third kappa shape index (κ3) is 2.63. The summed E-state index contributed by atoms with van der Waals surface area (Å²) in [6.07, 6.45) is 1.79. The Hall–Kier alpha value is -0.350. The van der Waals surface area contributed by atoms with Crippen LogP contribution in [0.15, 0.2) is 36.4 Å². The highest BCUT2D eigenvalue weighted by molar-refractivity contribution is 14.1. The van der Waals surface area contributed by atoms with Gasteiger partial charge in [-0.2, -0.15) is 0 Å². The Balaban J connectivity index is 2.85. The smallest absolute Gasteiger partial charge is 0.0625 e. The fourth-order valence-corrected chi connectivity index (χ4v) is 1.35. The number of aliphatic hydroxyl groups is 1. The molecule has 2 heteroatoms. The maximum atomic E-state index is 8.62. The summed E-state index contributed by atoms with van der Waals surface area (Å²) in [5, 5.41) is 8.62. The number of hydrogen-bond acceptors (Lipinski definition) is 1. The Morgan fingerprint density at radius 3 is 2.55 bits per heavy atom. The van der Waals surface area contributed by atoms with Gasteiger partial charge >= 0.3 is 0 Å². The summed E-state index contributed by atoms with van der Waals surface area (Å²) in [5.74, 6) is 0. The van der Waals surface area contributed by atoms with Gasteiger partial charge in [0.2, 0.25) is 0 Å². The first-order valence-corrected chi connectivity index (χ1v) is 4.44. The molecule has 1 aromatic rings. The van der Waals surface area contributed by atoms with Crippen molar-refractivity contribution in [3.05, 3.63) is 42.0 Å². The predicted molar refractivity (Wildman–Crippen MR) is 55.5 cm³/mol. The van der Waals surface area contributed by atoms with Crippen LogP contribution in [-0.2, 0) is 0 Å². The second-order valence-corrected chi connectivity index (χ2v) is 3.26. The van der Waals surface area contributed by atoms with Crippen LogP contribution >= 0.6 is 22.6 Å². The van der Waals surface area contributed by atoms with Gasteiger partial charge in [-0.05, 0) is 34.2 Å². The van der Waals surface area contributed by atoms with Gasteiger partial charge in [0.25, 0.3) is 0 Å². The van der Waals surface area contributed by atoms with Crippen molar-refractivity contribution in [2.45, 2.75) is 0 Å². The van der Waals surface area contributed by atoms with Gasteiger partial charge in [-0.1, -0.05) is 30.3 Å². The summed E-state index contributed by atoms with van der Waals surface area (Å²) in [6, 6.07) is 9.99. The molecule has 11 heavy (non-hydrogen) atoms. The molecule has 0 heterocycles. The van der Waals surface area contributed by atoms with Crippen molar-refractivity contribution in [2.24, 2.45) is 0 Å². The Labute approximate surface area is 79.9 Å². The summed E-state index contributed by atoms with van der Waals surface area (Å²) < 4.78 is 1.09. The van der Waals surface area contributed by atoms with E-state index in [4.69, 9.17) is 5.11 Å². The molecule has 0 saturated carbocycles. The zero-order valence-corrected chi connectivity index (χ0v) is 8.15. The average molecular weight is 260 g/mol. The molecule has 1 aromatic carbocycles. The van der Waals surface area contributed by atoms with Crippen molar-refractivity contribution in [1.82, 2.24) is 0 Å². The highest BCUT2D eigenvalue weighted by Crippen LogP contribution is 2.20. The molecule has 0 fully saturated rings. The highest BCUT2D eigenvalue weighted by Gasteiger charge is 1.92. The van der Waals surface area contributed by atoms with Gasteiger partial charge in [0, 0.05) is 3.58 Å². The van der Waals surface area contributed by atoms with Crippen LogP contribution in [0.25, 0.3) is 3.58 Å². The molecule has 0 bridgehead atoms. The molecule has 1 N–H and O–H groups in total. The molecule has 1 nitrogen and oxygen atoms in total. The Bertz CT molecular complexity index is 241. The molecular formula is C9H9IO.